The van der Waals surface area contributed by atoms with Crippen LogP contribution in [0.2, 0.25) is 0 Å². The topological polar surface area (TPSA) is 150 Å². The van der Waals surface area contributed by atoms with Gasteiger partial charge in [0.2, 0.25) is 5.91 Å². The second-order valence-corrected chi connectivity index (χ2v) is 13.7. The smallest absolute Gasteiger partial charge is 0.379 e. The quantitative estimate of drug-likeness (QED) is 0.312. The molecule has 3 fully saturated rings. The number of aryl methyl sites for hydroxylation is 1. The van der Waals surface area contributed by atoms with Crippen molar-refractivity contribution in [2.24, 2.45) is 23.7 Å². The first-order chi connectivity index (χ1) is 21.1. The third kappa shape index (κ3) is 5.55. The number of fused-ring (bicyclic) bond motifs is 1. The lowest BCUT2D eigenvalue weighted by Crippen LogP contribution is -2.70. The predicted octanol–water partition coefficient (Wildman–Crippen LogP) is 3.75. The lowest BCUT2D eigenvalue weighted by molar-refractivity contribution is -0.290. The zero-order valence-electron chi connectivity index (χ0n) is 25.7. The molecular weight excluding hydrogens is 593 g/mol. The molecule has 2 aromatic rings. The van der Waals surface area contributed by atoms with Crippen molar-refractivity contribution in [2.45, 2.75) is 95.6 Å². The van der Waals surface area contributed by atoms with Crippen LogP contribution in [0.3, 0.4) is 0 Å². The van der Waals surface area contributed by atoms with Gasteiger partial charge in [-0.05, 0) is 104 Å². The summed E-state index contributed by atoms with van der Waals surface area (Å²) >= 11 is 0. The summed E-state index contributed by atoms with van der Waals surface area (Å²) in [5.74, 6) is -0.498. The van der Waals surface area contributed by atoms with Crippen molar-refractivity contribution >= 4 is 23.5 Å². The summed E-state index contributed by atoms with van der Waals surface area (Å²) in [4.78, 5) is 41.2. The zero-order chi connectivity index (χ0) is 32.5. The molecule has 1 aliphatic heterocycles. The second kappa shape index (κ2) is 11.0. The van der Waals surface area contributed by atoms with Crippen LogP contribution >= 0.6 is 0 Å². The van der Waals surface area contributed by atoms with E-state index in [4.69, 9.17) is 0 Å². The highest BCUT2D eigenvalue weighted by Gasteiger charge is 2.68. The minimum absolute atomic E-state index is 0.00520. The van der Waals surface area contributed by atoms with E-state index in [-0.39, 0.29) is 43.0 Å². The first-order valence-electron chi connectivity index (χ1n) is 15.5. The van der Waals surface area contributed by atoms with Crippen molar-refractivity contribution in [3.63, 3.8) is 0 Å². The molecule has 45 heavy (non-hydrogen) atoms. The Labute approximate surface area is 258 Å². The molecule has 4 atom stereocenters. The number of nitrogens with zero attached hydrogens (tertiary/aromatic N) is 3. The summed E-state index contributed by atoms with van der Waals surface area (Å²) in [7, 11) is 0. The van der Waals surface area contributed by atoms with Crippen molar-refractivity contribution in [3.8, 4) is 0 Å². The summed E-state index contributed by atoms with van der Waals surface area (Å²) in [6, 6.07) is 2.94. The fourth-order valence-electron chi connectivity index (χ4n) is 7.20. The van der Waals surface area contributed by atoms with E-state index in [1.54, 1.807) is 25.1 Å². The lowest BCUT2D eigenvalue weighted by atomic mass is 9.76. The van der Waals surface area contributed by atoms with E-state index in [0.717, 1.165) is 37.5 Å². The average molecular weight is 633 g/mol. The van der Waals surface area contributed by atoms with E-state index in [0.29, 0.717) is 34.3 Å². The fraction of sp³-hybridized carbons (Fsp3) is 0.645. The van der Waals surface area contributed by atoms with Gasteiger partial charge in [0.05, 0.1) is 11.6 Å². The number of benzene rings is 1. The number of rotatable bonds is 10. The zero-order valence-corrected chi connectivity index (χ0v) is 25.7. The SMILES string of the molecule is Cc1nonc1C(=O)N[C@H](C(=O)Nc1ccc2c(c1)CC(N1C[C@@H](C(C)C)NC1=O)(C(C)(O)C(F)(F)F)C2)C(C1CC1)C1CC1. The number of anilines is 1. The van der Waals surface area contributed by atoms with E-state index in [9.17, 15) is 32.7 Å². The molecule has 1 aromatic carbocycles. The molecule has 4 N–H and O–H groups in total. The molecule has 14 heteroatoms. The molecule has 2 unspecified atom stereocenters. The van der Waals surface area contributed by atoms with Crippen molar-refractivity contribution in [1.82, 2.24) is 25.8 Å². The maximum Gasteiger partial charge on any atom is 0.419 e. The monoisotopic (exact) mass is 632 g/mol. The molecule has 4 aliphatic rings. The minimum Gasteiger partial charge on any atom is -0.379 e. The molecule has 0 spiro atoms. The van der Waals surface area contributed by atoms with Gasteiger partial charge in [0.15, 0.2) is 11.3 Å². The van der Waals surface area contributed by atoms with Gasteiger partial charge in [0.25, 0.3) is 5.91 Å². The van der Waals surface area contributed by atoms with Crippen LogP contribution in [0.1, 0.15) is 73.8 Å². The molecule has 1 aromatic heterocycles. The van der Waals surface area contributed by atoms with Gasteiger partial charge in [-0.2, -0.15) is 13.2 Å². The van der Waals surface area contributed by atoms with E-state index in [1.807, 2.05) is 13.8 Å². The molecule has 2 saturated carbocycles. The Morgan fingerprint density at radius 1 is 1.11 bits per heavy atom. The Bertz CT molecular complexity index is 1490. The average Bonchev–Trinajstić information content (AvgIpc) is 3.86. The summed E-state index contributed by atoms with van der Waals surface area (Å²) in [5.41, 5.74) is -3.55. The highest BCUT2D eigenvalue weighted by molar-refractivity contribution is 6.01. The van der Waals surface area contributed by atoms with Crippen molar-refractivity contribution in [3.05, 3.63) is 40.7 Å². The number of alkyl halides is 3. The molecule has 0 bridgehead atoms. The van der Waals surface area contributed by atoms with Crippen molar-refractivity contribution < 1.29 is 37.3 Å². The number of nitrogens with one attached hydrogen (secondary N) is 3. The van der Waals surface area contributed by atoms with E-state index >= 15 is 0 Å². The van der Waals surface area contributed by atoms with E-state index in [2.05, 4.69) is 30.9 Å². The Hall–Kier alpha value is -3.68. The van der Waals surface area contributed by atoms with Gasteiger partial charge in [-0.15, -0.1) is 0 Å². The number of aliphatic hydroxyl groups is 1. The second-order valence-electron chi connectivity index (χ2n) is 13.7. The van der Waals surface area contributed by atoms with Crippen LogP contribution in [0, 0.1) is 30.6 Å². The van der Waals surface area contributed by atoms with Crippen LogP contribution in [0.5, 0.6) is 0 Å². The summed E-state index contributed by atoms with van der Waals surface area (Å²) < 4.78 is 48.1. The standard InChI is InChI=1S/C31H39F3N6O5/c1-15(2)22-14-40(28(43)36-22)30(29(4,44)31(32,33)34)12-19-9-10-21(11-20(19)13-30)35-27(42)25(23(17-5-6-17)18-7-8-18)37-26(41)24-16(3)38-45-39-24/h9-11,15,17-18,22-23,25,44H,5-8,12-14H2,1-4H3,(H,35,42)(H,36,43)(H,37,41)/t22-,25-,29?,30?/m0/s1. The van der Waals surface area contributed by atoms with E-state index in [1.165, 1.54) is 0 Å². The molecule has 0 radical (unpaired) electrons. The van der Waals surface area contributed by atoms with Crippen LogP contribution in [0.15, 0.2) is 22.8 Å². The van der Waals surface area contributed by atoms with Gasteiger partial charge in [-0.1, -0.05) is 25.1 Å². The number of urea groups is 1. The summed E-state index contributed by atoms with van der Waals surface area (Å²) in [6.45, 7) is 6.07. The first kappa shape index (κ1) is 31.3. The van der Waals surface area contributed by atoms with Gasteiger partial charge in [0, 0.05) is 12.2 Å². The first-order valence-corrected chi connectivity index (χ1v) is 15.5. The maximum absolute atomic E-state index is 14.5. The Morgan fingerprint density at radius 3 is 2.29 bits per heavy atom. The molecule has 4 amide bonds. The lowest BCUT2D eigenvalue weighted by Gasteiger charge is -2.48. The van der Waals surface area contributed by atoms with Crippen LogP contribution < -0.4 is 16.0 Å². The number of carbonyl (C=O) groups is 3. The van der Waals surface area contributed by atoms with Gasteiger partial charge >= 0.3 is 12.2 Å². The van der Waals surface area contributed by atoms with Gasteiger partial charge < -0.3 is 26.0 Å². The van der Waals surface area contributed by atoms with Crippen molar-refractivity contribution in [2.75, 3.05) is 11.9 Å². The number of halogens is 3. The van der Waals surface area contributed by atoms with Crippen molar-refractivity contribution in [1.29, 1.82) is 0 Å². The normalized spacial score (nSPS) is 25.2. The number of amides is 4. The third-order valence-electron chi connectivity index (χ3n) is 10.3. The van der Waals surface area contributed by atoms with Gasteiger partial charge in [-0.25, -0.2) is 9.42 Å². The Kier molecular flexibility index (Phi) is 7.65. The molecule has 1 saturated heterocycles. The molecule has 244 valence electrons. The number of hydrogen-bond donors (Lipinski definition) is 4. The van der Waals surface area contributed by atoms with E-state index < -0.39 is 41.2 Å². The largest absolute Gasteiger partial charge is 0.419 e. The number of hydrogen-bond acceptors (Lipinski definition) is 7. The predicted molar refractivity (Wildman–Crippen MR) is 155 cm³/mol. The third-order valence-corrected chi connectivity index (χ3v) is 10.3. The maximum atomic E-state index is 14.5. The molecule has 2 heterocycles. The highest BCUT2D eigenvalue weighted by Crippen LogP contribution is 2.52. The molecule has 3 aliphatic carbocycles. The van der Waals surface area contributed by atoms with Gasteiger partial charge in [0.1, 0.15) is 11.7 Å². The fourth-order valence-corrected chi connectivity index (χ4v) is 7.20. The number of aromatic nitrogens is 2. The van der Waals surface area contributed by atoms with Crippen LogP contribution in [-0.4, -0.2) is 74.1 Å². The summed E-state index contributed by atoms with van der Waals surface area (Å²) in [6.07, 6.45) is -1.63. The highest BCUT2D eigenvalue weighted by atomic mass is 19.4. The van der Waals surface area contributed by atoms with Crippen LogP contribution in [0.4, 0.5) is 23.7 Å². The van der Waals surface area contributed by atoms with Gasteiger partial charge in [-0.3, -0.25) is 9.59 Å². The molecule has 11 nitrogen and oxygen atoms in total. The van der Waals surface area contributed by atoms with Crippen LogP contribution in [-0.2, 0) is 17.6 Å². The molecular formula is C31H39F3N6O5. The molecule has 6 rings (SSSR count). The Morgan fingerprint density at radius 2 is 1.76 bits per heavy atom. The minimum atomic E-state index is -5.02. The van der Waals surface area contributed by atoms with Crippen LogP contribution in [0.25, 0.3) is 0 Å². The summed E-state index contributed by atoms with van der Waals surface area (Å²) in [5, 5.41) is 27.0. The Balaban J connectivity index is 1.27. The number of carbonyl (C=O) groups excluding carboxylic acids is 3.